The van der Waals surface area contributed by atoms with E-state index in [1.807, 2.05) is 13.8 Å². The first-order valence-electron chi connectivity index (χ1n) is 11.1. The molecule has 1 aromatic carbocycles. The number of nitrogens with one attached hydrogen (secondary N) is 3. The Balaban J connectivity index is 1.38. The number of nitrogens with zero attached hydrogens (tertiary/aromatic N) is 2. The predicted molar refractivity (Wildman–Crippen MR) is 122 cm³/mol. The summed E-state index contributed by atoms with van der Waals surface area (Å²) in [6.07, 6.45) is 4.58. The Morgan fingerprint density at radius 2 is 1.97 bits per heavy atom. The molecule has 1 aliphatic heterocycles. The van der Waals surface area contributed by atoms with Gasteiger partial charge in [-0.3, -0.25) is 14.4 Å². The molecular weight excluding hydrogens is 449 g/mol. The van der Waals surface area contributed by atoms with Crippen molar-refractivity contribution in [3.05, 3.63) is 46.8 Å². The van der Waals surface area contributed by atoms with Gasteiger partial charge in [0.05, 0.1) is 22.5 Å². The monoisotopic (exact) mass is 475 g/mol. The lowest BCUT2D eigenvalue weighted by Gasteiger charge is -2.36. The molecule has 2 fully saturated rings. The van der Waals surface area contributed by atoms with Gasteiger partial charge in [-0.1, -0.05) is 11.6 Å². The van der Waals surface area contributed by atoms with Crippen LogP contribution in [0.25, 0.3) is 0 Å². The number of aromatic nitrogens is 2. The molecule has 1 aliphatic carbocycles. The Morgan fingerprint density at radius 3 is 2.64 bits per heavy atom. The van der Waals surface area contributed by atoms with Crippen LogP contribution in [0.4, 0.5) is 10.1 Å². The Bertz CT molecular complexity index is 1080. The summed E-state index contributed by atoms with van der Waals surface area (Å²) < 4.78 is 13.4. The van der Waals surface area contributed by atoms with Crippen LogP contribution in [-0.2, 0) is 4.79 Å². The number of imidazole rings is 1. The van der Waals surface area contributed by atoms with E-state index in [1.165, 1.54) is 24.5 Å². The first kappa shape index (κ1) is 23.2. The molecule has 4 rings (SSSR count). The van der Waals surface area contributed by atoms with E-state index in [4.69, 9.17) is 11.6 Å². The standard InChI is InChI=1S/C23H27ClFN5O3/c1-13(2)28-20(31)18-19(27-12-26-18)21(32)29-15-5-7-23(8-6-15)9-10-30(22(23)33)17-4-3-14(25)11-16(17)24/h3-4,11-13,15H,5-10H2,1-2H3,(H,26,27)(H,28,31)(H,29,32)/t15-,23-. The van der Waals surface area contributed by atoms with E-state index in [0.717, 1.165) is 0 Å². The van der Waals surface area contributed by atoms with Gasteiger partial charge >= 0.3 is 0 Å². The summed E-state index contributed by atoms with van der Waals surface area (Å²) in [7, 11) is 0. The molecule has 1 aromatic heterocycles. The van der Waals surface area contributed by atoms with Crippen LogP contribution >= 0.6 is 11.6 Å². The maximum Gasteiger partial charge on any atom is 0.272 e. The third-order valence-electron chi connectivity index (χ3n) is 6.49. The molecule has 176 valence electrons. The molecule has 1 saturated carbocycles. The fourth-order valence-corrected chi connectivity index (χ4v) is 5.03. The number of hydrogen-bond acceptors (Lipinski definition) is 4. The highest BCUT2D eigenvalue weighted by Crippen LogP contribution is 2.47. The van der Waals surface area contributed by atoms with E-state index < -0.39 is 17.1 Å². The highest BCUT2D eigenvalue weighted by atomic mass is 35.5. The number of aromatic amines is 1. The normalized spacial score (nSPS) is 22.8. The minimum Gasteiger partial charge on any atom is -0.348 e. The number of carbonyl (C=O) groups is 3. The van der Waals surface area contributed by atoms with Gasteiger partial charge in [-0.05, 0) is 64.2 Å². The van der Waals surface area contributed by atoms with Crippen LogP contribution in [0.3, 0.4) is 0 Å². The largest absolute Gasteiger partial charge is 0.348 e. The molecule has 2 aliphatic rings. The second-order valence-electron chi connectivity index (χ2n) is 9.08. The van der Waals surface area contributed by atoms with Gasteiger partial charge in [0.15, 0.2) is 5.69 Å². The van der Waals surface area contributed by atoms with Crippen LogP contribution < -0.4 is 15.5 Å². The van der Waals surface area contributed by atoms with E-state index in [1.54, 1.807) is 4.90 Å². The number of carbonyl (C=O) groups excluding carboxylic acids is 3. The number of amides is 3. The highest BCUT2D eigenvalue weighted by molar-refractivity contribution is 6.34. The quantitative estimate of drug-likeness (QED) is 0.615. The van der Waals surface area contributed by atoms with Gasteiger partial charge in [0, 0.05) is 18.6 Å². The average molecular weight is 476 g/mol. The summed E-state index contributed by atoms with van der Waals surface area (Å²) in [5.74, 6) is -1.24. The second kappa shape index (κ2) is 9.13. The van der Waals surface area contributed by atoms with Gasteiger partial charge in [0.1, 0.15) is 11.5 Å². The molecule has 1 saturated heterocycles. The van der Waals surface area contributed by atoms with Crippen molar-refractivity contribution in [2.45, 2.75) is 58.0 Å². The SMILES string of the molecule is CC(C)NC(=O)c1nc[nH]c1C(=O)N[C@H]1CC[C@@]2(CCN(c3ccc(F)cc3Cl)C2=O)CC1. The summed E-state index contributed by atoms with van der Waals surface area (Å²) in [4.78, 5) is 46.7. The van der Waals surface area contributed by atoms with Gasteiger partial charge in [0.2, 0.25) is 5.91 Å². The van der Waals surface area contributed by atoms with Crippen molar-refractivity contribution in [1.29, 1.82) is 0 Å². The first-order valence-corrected chi connectivity index (χ1v) is 11.5. The van der Waals surface area contributed by atoms with Crippen LogP contribution in [0.5, 0.6) is 0 Å². The zero-order chi connectivity index (χ0) is 23.8. The molecule has 0 bridgehead atoms. The van der Waals surface area contributed by atoms with Crippen LogP contribution in [0.15, 0.2) is 24.5 Å². The third kappa shape index (κ3) is 4.59. The molecule has 8 nitrogen and oxygen atoms in total. The van der Waals surface area contributed by atoms with Crippen molar-refractivity contribution >= 4 is 35.0 Å². The van der Waals surface area contributed by atoms with Gasteiger partial charge < -0.3 is 20.5 Å². The van der Waals surface area contributed by atoms with E-state index in [2.05, 4.69) is 20.6 Å². The minimum absolute atomic E-state index is 0.00185. The van der Waals surface area contributed by atoms with Crippen LogP contribution in [0, 0.1) is 11.2 Å². The van der Waals surface area contributed by atoms with E-state index in [0.29, 0.717) is 44.3 Å². The Labute approximate surface area is 196 Å². The molecular formula is C23H27ClFN5O3. The topological polar surface area (TPSA) is 107 Å². The number of hydrogen-bond donors (Lipinski definition) is 3. The molecule has 2 aromatic rings. The Morgan fingerprint density at radius 1 is 1.24 bits per heavy atom. The maximum absolute atomic E-state index is 13.4. The molecule has 3 N–H and O–H groups in total. The van der Waals surface area contributed by atoms with Gasteiger partial charge in [0.25, 0.3) is 11.8 Å². The van der Waals surface area contributed by atoms with Gasteiger partial charge in [-0.15, -0.1) is 0 Å². The van der Waals surface area contributed by atoms with E-state index in [-0.39, 0.29) is 40.3 Å². The molecule has 1 spiro atoms. The number of rotatable bonds is 5. The van der Waals surface area contributed by atoms with Crippen molar-refractivity contribution in [2.75, 3.05) is 11.4 Å². The molecule has 2 heterocycles. The fraction of sp³-hybridized carbons (Fsp3) is 0.478. The van der Waals surface area contributed by atoms with Crippen LogP contribution in [0.2, 0.25) is 5.02 Å². The highest BCUT2D eigenvalue weighted by Gasteiger charge is 2.49. The minimum atomic E-state index is -0.491. The Kier molecular flexibility index (Phi) is 6.43. The van der Waals surface area contributed by atoms with Crippen molar-refractivity contribution < 1.29 is 18.8 Å². The molecule has 3 amide bonds. The predicted octanol–water partition coefficient (Wildman–Crippen LogP) is 3.44. The van der Waals surface area contributed by atoms with Crippen molar-refractivity contribution in [3.63, 3.8) is 0 Å². The number of H-pyrrole nitrogens is 1. The maximum atomic E-state index is 13.4. The lowest BCUT2D eigenvalue weighted by atomic mass is 9.71. The third-order valence-corrected chi connectivity index (χ3v) is 6.80. The van der Waals surface area contributed by atoms with E-state index in [9.17, 15) is 18.8 Å². The second-order valence-corrected chi connectivity index (χ2v) is 9.49. The zero-order valence-corrected chi connectivity index (χ0v) is 19.3. The first-order chi connectivity index (χ1) is 15.7. The average Bonchev–Trinajstić information content (AvgIpc) is 3.36. The number of anilines is 1. The van der Waals surface area contributed by atoms with E-state index >= 15 is 0 Å². The molecule has 33 heavy (non-hydrogen) atoms. The smallest absolute Gasteiger partial charge is 0.272 e. The number of halogens is 2. The molecule has 0 unspecified atom stereocenters. The zero-order valence-electron chi connectivity index (χ0n) is 18.6. The summed E-state index contributed by atoms with van der Waals surface area (Å²) in [5, 5.41) is 5.92. The van der Waals surface area contributed by atoms with Crippen LogP contribution in [0.1, 0.15) is 66.9 Å². The van der Waals surface area contributed by atoms with Crippen molar-refractivity contribution in [1.82, 2.24) is 20.6 Å². The molecule has 0 atom stereocenters. The number of benzene rings is 1. The summed E-state index contributed by atoms with van der Waals surface area (Å²) in [6, 6.07) is 3.87. The van der Waals surface area contributed by atoms with Crippen LogP contribution in [-0.4, -0.2) is 46.3 Å². The summed E-state index contributed by atoms with van der Waals surface area (Å²) >= 11 is 6.18. The summed E-state index contributed by atoms with van der Waals surface area (Å²) in [6.45, 7) is 4.19. The Hall–Kier alpha value is -2.94. The lowest BCUT2D eigenvalue weighted by molar-refractivity contribution is -0.127. The van der Waals surface area contributed by atoms with Crippen molar-refractivity contribution in [3.8, 4) is 0 Å². The molecule has 0 radical (unpaired) electrons. The fourth-order valence-electron chi connectivity index (χ4n) is 4.76. The molecule has 10 heteroatoms. The lowest BCUT2D eigenvalue weighted by Crippen LogP contribution is -2.44. The summed E-state index contributed by atoms with van der Waals surface area (Å²) in [5.41, 5.74) is 0.227. The van der Waals surface area contributed by atoms with Gasteiger partial charge in [-0.25, -0.2) is 9.37 Å². The van der Waals surface area contributed by atoms with Gasteiger partial charge in [-0.2, -0.15) is 0 Å². The van der Waals surface area contributed by atoms with Crippen molar-refractivity contribution in [2.24, 2.45) is 5.41 Å².